The molecule has 11 aromatic rings. The Kier molecular flexibility index (Phi) is 7.18. The van der Waals surface area contributed by atoms with E-state index in [1.807, 2.05) is 11.3 Å². The van der Waals surface area contributed by atoms with E-state index in [4.69, 9.17) is 0 Å². The molecular weight excluding hydrogens is 721 g/mol. The van der Waals surface area contributed by atoms with Crippen LogP contribution in [0.5, 0.6) is 0 Å². The average Bonchev–Trinajstić information content (AvgIpc) is 3.91. The third-order valence-corrected chi connectivity index (χ3v) is 13.9. The van der Waals surface area contributed by atoms with Gasteiger partial charge in [-0.2, -0.15) is 0 Å². The molecule has 0 unspecified atom stereocenters. The number of para-hydroxylation sites is 2. The summed E-state index contributed by atoms with van der Waals surface area (Å²) in [5.41, 5.74) is 14.8. The molecule has 274 valence electrons. The lowest BCUT2D eigenvalue weighted by atomic mass is 9.82. The molecule has 0 saturated heterocycles. The van der Waals surface area contributed by atoms with E-state index < -0.39 is 0 Å². The van der Waals surface area contributed by atoms with Gasteiger partial charge in [-0.05, 0) is 93.2 Å². The first-order valence-corrected chi connectivity index (χ1v) is 20.9. The van der Waals surface area contributed by atoms with Crippen LogP contribution in [0.4, 0.5) is 17.1 Å². The zero-order chi connectivity index (χ0) is 38.5. The second-order valence-corrected chi connectivity index (χ2v) is 17.1. The van der Waals surface area contributed by atoms with Gasteiger partial charge < -0.3 is 9.47 Å². The first kappa shape index (κ1) is 33.2. The van der Waals surface area contributed by atoms with Crippen LogP contribution in [0.25, 0.3) is 80.7 Å². The maximum atomic E-state index is 2.53. The number of hydrogen-bond donors (Lipinski definition) is 0. The molecule has 0 spiro atoms. The number of nitrogens with zero attached hydrogens (tertiary/aromatic N) is 2. The Labute approximate surface area is 341 Å². The molecule has 0 fully saturated rings. The molecule has 58 heavy (non-hydrogen) atoms. The van der Waals surface area contributed by atoms with E-state index in [1.54, 1.807) is 0 Å². The Morgan fingerprint density at radius 1 is 0.448 bits per heavy atom. The number of rotatable bonds is 5. The third-order valence-electron chi connectivity index (χ3n) is 12.6. The Morgan fingerprint density at radius 3 is 1.98 bits per heavy atom. The van der Waals surface area contributed by atoms with Crippen molar-refractivity contribution < 1.29 is 0 Å². The highest BCUT2D eigenvalue weighted by Gasteiger charge is 2.38. The van der Waals surface area contributed by atoms with Crippen molar-refractivity contribution in [1.82, 2.24) is 4.57 Å². The summed E-state index contributed by atoms with van der Waals surface area (Å²) in [5, 5.41) is 7.70. The Balaban J connectivity index is 1.06. The number of hydrogen-bond acceptors (Lipinski definition) is 2. The van der Waals surface area contributed by atoms with Gasteiger partial charge in [0.1, 0.15) is 0 Å². The minimum absolute atomic E-state index is 0.109. The van der Waals surface area contributed by atoms with Crippen LogP contribution in [0.15, 0.2) is 194 Å². The molecule has 0 amide bonds. The summed E-state index contributed by atoms with van der Waals surface area (Å²) in [4.78, 5) is 2.53. The molecule has 0 N–H and O–H groups in total. The normalized spacial score (nSPS) is 13.1. The van der Waals surface area contributed by atoms with Gasteiger partial charge in [-0.3, -0.25) is 0 Å². The molecule has 1 aliphatic carbocycles. The Hall–Kier alpha value is -6.94. The molecule has 2 nitrogen and oxygen atoms in total. The average molecular weight is 759 g/mol. The van der Waals surface area contributed by atoms with Crippen molar-refractivity contribution >= 4 is 81.1 Å². The van der Waals surface area contributed by atoms with Gasteiger partial charge in [-0.15, -0.1) is 11.3 Å². The molecule has 1 aliphatic rings. The SMILES string of the molecule is CC1(C)c2ccccc2-c2c(N(c3ccc(-c4ccc5c(c4)c4ccccc4n5-c4ccccc4)cc3)c3cccc4c3sc3c5ccccc5ccc43)cccc21. The van der Waals surface area contributed by atoms with Gasteiger partial charge in [-0.25, -0.2) is 0 Å². The standard InChI is InChI=1S/C55H38N2S/c1-55(2)46-21-10-8-19-44(46)52-47(55)22-13-24-50(52)57(51-25-12-20-42-43-32-28-36-14-6-7-17-40(36)53(43)58-54(42)51)39-30-26-35(27-31-39)37-29-33-49-45(34-37)41-18-9-11-23-48(41)56(49)38-15-4-3-5-16-38/h3-34H,1-2H3. The highest BCUT2D eigenvalue weighted by molar-refractivity contribution is 7.27. The van der Waals surface area contributed by atoms with Gasteiger partial charge in [0.2, 0.25) is 0 Å². The third kappa shape index (κ3) is 4.77. The van der Waals surface area contributed by atoms with Crippen molar-refractivity contribution in [1.29, 1.82) is 0 Å². The fourth-order valence-electron chi connectivity index (χ4n) is 9.83. The molecular formula is C55H38N2S. The molecule has 9 aromatic carbocycles. The predicted octanol–water partition coefficient (Wildman–Crippen LogP) is 15.7. The van der Waals surface area contributed by atoms with E-state index >= 15 is 0 Å². The van der Waals surface area contributed by atoms with Crippen molar-refractivity contribution in [2.75, 3.05) is 4.90 Å². The van der Waals surface area contributed by atoms with Gasteiger partial charge in [0.15, 0.2) is 0 Å². The van der Waals surface area contributed by atoms with E-state index in [1.165, 1.54) is 103 Å². The highest BCUT2D eigenvalue weighted by atomic mass is 32.1. The molecule has 0 radical (unpaired) electrons. The smallest absolute Gasteiger partial charge is 0.0640 e. The monoisotopic (exact) mass is 758 g/mol. The van der Waals surface area contributed by atoms with Crippen molar-refractivity contribution in [2.24, 2.45) is 0 Å². The van der Waals surface area contributed by atoms with Crippen molar-refractivity contribution in [3.8, 4) is 27.9 Å². The van der Waals surface area contributed by atoms with Crippen LogP contribution in [-0.4, -0.2) is 4.57 Å². The summed E-state index contributed by atoms with van der Waals surface area (Å²) in [6.45, 7) is 4.74. The fourth-order valence-corrected chi connectivity index (χ4v) is 11.2. The summed E-state index contributed by atoms with van der Waals surface area (Å²) in [7, 11) is 0. The van der Waals surface area contributed by atoms with Gasteiger partial charge in [0.05, 0.1) is 27.1 Å². The van der Waals surface area contributed by atoms with Crippen LogP contribution in [0.2, 0.25) is 0 Å². The maximum absolute atomic E-state index is 2.53. The summed E-state index contributed by atoms with van der Waals surface area (Å²) in [5.74, 6) is 0. The Bertz CT molecular complexity index is 3420. The Morgan fingerprint density at radius 2 is 1.10 bits per heavy atom. The first-order valence-electron chi connectivity index (χ1n) is 20.1. The largest absolute Gasteiger partial charge is 0.309 e. The number of benzene rings is 9. The van der Waals surface area contributed by atoms with Crippen LogP contribution >= 0.6 is 11.3 Å². The quantitative estimate of drug-likeness (QED) is 0.170. The van der Waals surface area contributed by atoms with Gasteiger partial charge in [-0.1, -0.05) is 153 Å². The second-order valence-electron chi connectivity index (χ2n) is 16.1. The number of thiophene rings is 1. The fraction of sp³-hybridized carbons (Fsp3) is 0.0545. The van der Waals surface area contributed by atoms with Crippen LogP contribution in [0, 0.1) is 0 Å². The van der Waals surface area contributed by atoms with Crippen LogP contribution in [-0.2, 0) is 5.41 Å². The van der Waals surface area contributed by atoms with Crippen molar-refractivity contribution in [2.45, 2.75) is 19.3 Å². The molecule has 12 rings (SSSR count). The summed E-state index contributed by atoms with van der Waals surface area (Å²) in [6.07, 6.45) is 0. The molecule has 2 heterocycles. The number of anilines is 3. The minimum Gasteiger partial charge on any atom is -0.309 e. The van der Waals surface area contributed by atoms with Crippen LogP contribution < -0.4 is 4.90 Å². The second kappa shape index (κ2) is 12.5. The van der Waals surface area contributed by atoms with Gasteiger partial charge in [0.25, 0.3) is 0 Å². The van der Waals surface area contributed by atoms with Gasteiger partial charge >= 0.3 is 0 Å². The van der Waals surface area contributed by atoms with Gasteiger partial charge in [0, 0.05) is 48.6 Å². The summed E-state index contributed by atoms with van der Waals surface area (Å²) in [6, 6.07) is 71.7. The van der Waals surface area contributed by atoms with Crippen LogP contribution in [0.1, 0.15) is 25.0 Å². The predicted molar refractivity (Wildman–Crippen MR) is 249 cm³/mol. The number of fused-ring (bicyclic) bond motifs is 11. The van der Waals surface area contributed by atoms with E-state index in [9.17, 15) is 0 Å². The van der Waals surface area contributed by atoms with E-state index in [2.05, 4.69) is 217 Å². The zero-order valence-electron chi connectivity index (χ0n) is 32.3. The van der Waals surface area contributed by atoms with Crippen LogP contribution in [0.3, 0.4) is 0 Å². The molecule has 3 heteroatoms. The minimum atomic E-state index is -0.109. The molecule has 2 aromatic heterocycles. The van der Waals surface area contributed by atoms with Crippen molar-refractivity contribution in [3.05, 3.63) is 205 Å². The topological polar surface area (TPSA) is 8.17 Å². The first-order chi connectivity index (χ1) is 28.5. The zero-order valence-corrected chi connectivity index (χ0v) is 33.1. The molecule has 0 saturated carbocycles. The number of aromatic nitrogens is 1. The highest BCUT2D eigenvalue weighted by Crippen LogP contribution is 2.55. The van der Waals surface area contributed by atoms with E-state index in [0.29, 0.717) is 0 Å². The molecule has 0 aliphatic heterocycles. The van der Waals surface area contributed by atoms with E-state index in [-0.39, 0.29) is 5.41 Å². The maximum Gasteiger partial charge on any atom is 0.0640 e. The molecule has 0 atom stereocenters. The lowest BCUT2D eigenvalue weighted by Gasteiger charge is -2.29. The summed E-state index contributed by atoms with van der Waals surface area (Å²) >= 11 is 1.91. The van der Waals surface area contributed by atoms with E-state index in [0.717, 1.165) is 5.69 Å². The lowest BCUT2D eigenvalue weighted by Crippen LogP contribution is -2.16. The molecule has 0 bridgehead atoms. The van der Waals surface area contributed by atoms with Crippen molar-refractivity contribution in [3.63, 3.8) is 0 Å². The lowest BCUT2D eigenvalue weighted by molar-refractivity contribution is 0.660. The summed E-state index contributed by atoms with van der Waals surface area (Å²) < 4.78 is 5.01.